The molecule has 0 radical (unpaired) electrons. The van der Waals surface area contributed by atoms with E-state index in [2.05, 4.69) is 6.58 Å². The molecule has 1 aliphatic rings. The lowest BCUT2D eigenvalue weighted by molar-refractivity contribution is -0.157. The first kappa shape index (κ1) is 15.5. The normalized spacial score (nSPS) is 29.5. The van der Waals surface area contributed by atoms with Gasteiger partial charge in [-0.05, 0) is 32.1 Å². The second-order valence-corrected chi connectivity index (χ2v) is 5.14. The fourth-order valence-electron chi connectivity index (χ4n) is 2.90. The van der Waals surface area contributed by atoms with Gasteiger partial charge in [0, 0.05) is 0 Å². The molecule has 1 aliphatic carbocycles. The molecular formula is C15H22O4. The summed E-state index contributed by atoms with van der Waals surface area (Å²) < 4.78 is 9.68. The van der Waals surface area contributed by atoms with Crippen molar-refractivity contribution in [2.75, 3.05) is 14.2 Å². The summed E-state index contributed by atoms with van der Waals surface area (Å²) in [7, 11) is 2.68. The zero-order valence-corrected chi connectivity index (χ0v) is 12.0. The molecule has 4 nitrogen and oxygen atoms in total. The molecule has 106 valence electrons. The van der Waals surface area contributed by atoms with Crippen molar-refractivity contribution < 1.29 is 19.1 Å². The van der Waals surface area contributed by atoms with Gasteiger partial charge < -0.3 is 9.47 Å². The van der Waals surface area contributed by atoms with E-state index in [1.807, 2.05) is 19.9 Å². The van der Waals surface area contributed by atoms with E-state index in [4.69, 9.17) is 9.47 Å². The first-order chi connectivity index (χ1) is 8.96. The van der Waals surface area contributed by atoms with Gasteiger partial charge in [-0.25, -0.2) is 0 Å². The van der Waals surface area contributed by atoms with Gasteiger partial charge >= 0.3 is 11.9 Å². The summed E-state index contributed by atoms with van der Waals surface area (Å²) in [6.45, 7) is 7.71. The van der Waals surface area contributed by atoms with Crippen LogP contribution in [-0.4, -0.2) is 26.2 Å². The molecule has 0 aromatic carbocycles. The Bertz CT molecular complexity index is 393. The molecule has 4 heteroatoms. The second kappa shape index (κ2) is 6.55. The Labute approximate surface area is 114 Å². The van der Waals surface area contributed by atoms with Crippen LogP contribution < -0.4 is 0 Å². The van der Waals surface area contributed by atoms with Crippen LogP contribution in [0.4, 0.5) is 0 Å². The van der Waals surface area contributed by atoms with Crippen molar-refractivity contribution in [3.63, 3.8) is 0 Å². The van der Waals surface area contributed by atoms with Gasteiger partial charge in [0.05, 0.1) is 26.1 Å². The number of allylic oxidation sites excluding steroid dienone is 3. The quantitative estimate of drug-likeness (QED) is 0.579. The maximum atomic E-state index is 12.0. The van der Waals surface area contributed by atoms with Crippen molar-refractivity contribution in [1.29, 1.82) is 0 Å². The standard InChI is InChI=1S/C15H22O4/c1-6-10-8-11(7-9(2)3)13(15(17)19-5)12(10)14(16)18-4/h6-7,10-13H,1,8H2,2-5H3. The first-order valence-electron chi connectivity index (χ1n) is 6.39. The lowest BCUT2D eigenvalue weighted by Gasteiger charge is -2.20. The van der Waals surface area contributed by atoms with Crippen LogP contribution >= 0.6 is 0 Å². The van der Waals surface area contributed by atoms with Gasteiger partial charge in [-0.3, -0.25) is 9.59 Å². The highest BCUT2D eigenvalue weighted by Gasteiger charge is 2.49. The fraction of sp³-hybridized carbons (Fsp3) is 0.600. The first-order valence-corrected chi connectivity index (χ1v) is 6.39. The number of hydrogen-bond donors (Lipinski definition) is 0. The molecule has 1 saturated carbocycles. The molecule has 0 aromatic rings. The van der Waals surface area contributed by atoms with E-state index in [-0.39, 0.29) is 23.8 Å². The van der Waals surface area contributed by atoms with Crippen molar-refractivity contribution in [3.05, 3.63) is 24.3 Å². The average molecular weight is 266 g/mol. The van der Waals surface area contributed by atoms with Crippen LogP contribution in [0.3, 0.4) is 0 Å². The summed E-state index contributed by atoms with van der Waals surface area (Å²) in [6, 6.07) is 0. The van der Waals surface area contributed by atoms with E-state index in [1.165, 1.54) is 14.2 Å². The zero-order valence-electron chi connectivity index (χ0n) is 12.0. The Morgan fingerprint density at radius 1 is 1.05 bits per heavy atom. The van der Waals surface area contributed by atoms with Crippen LogP contribution in [0.15, 0.2) is 24.3 Å². The highest BCUT2D eigenvalue weighted by Crippen LogP contribution is 2.44. The Kier molecular flexibility index (Phi) is 5.33. The molecule has 0 N–H and O–H groups in total. The van der Waals surface area contributed by atoms with Gasteiger partial charge in [-0.1, -0.05) is 17.7 Å². The predicted octanol–water partition coefficient (Wildman–Crippen LogP) is 2.35. The summed E-state index contributed by atoms with van der Waals surface area (Å²) in [6.07, 6.45) is 4.48. The van der Waals surface area contributed by atoms with Gasteiger partial charge in [0.25, 0.3) is 0 Å². The number of carbonyl (C=O) groups excluding carboxylic acids is 2. The highest BCUT2D eigenvalue weighted by molar-refractivity contribution is 5.83. The highest BCUT2D eigenvalue weighted by atomic mass is 16.5. The lowest BCUT2D eigenvalue weighted by atomic mass is 9.86. The number of hydrogen-bond acceptors (Lipinski definition) is 4. The molecule has 0 amide bonds. The van der Waals surface area contributed by atoms with Crippen LogP contribution in [-0.2, 0) is 19.1 Å². The molecule has 0 heterocycles. The number of carbonyl (C=O) groups is 2. The molecule has 4 unspecified atom stereocenters. The molecule has 0 aliphatic heterocycles. The largest absolute Gasteiger partial charge is 0.469 e. The maximum Gasteiger partial charge on any atom is 0.310 e. The van der Waals surface area contributed by atoms with Gasteiger partial charge in [0.1, 0.15) is 0 Å². The van der Waals surface area contributed by atoms with E-state index >= 15 is 0 Å². The molecule has 0 aromatic heterocycles. The lowest BCUT2D eigenvalue weighted by Crippen LogP contribution is -2.33. The summed E-state index contributed by atoms with van der Waals surface area (Å²) >= 11 is 0. The Morgan fingerprint density at radius 3 is 1.89 bits per heavy atom. The third-order valence-corrected chi connectivity index (χ3v) is 3.65. The van der Waals surface area contributed by atoms with E-state index in [0.29, 0.717) is 6.42 Å². The fourth-order valence-corrected chi connectivity index (χ4v) is 2.90. The topological polar surface area (TPSA) is 52.6 Å². The predicted molar refractivity (Wildman–Crippen MR) is 72.2 cm³/mol. The molecule has 0 bridgehead atoms. The van der Waals surface area contributed by atoms with Crippen LogP contribution in [0.1, 0.15) is 20.3 Å². The van der Waals surface area contributed by atoms with Gasteiger partial charge in [-0.15, -0.1) is 6.58 Å². The monoisotopic (exact) mass is 266 g/mol. The third kappa shape index (κ3) is 3.25. The minimum Gasteiger partial charge on any atom is -0.469 e. The van der Waals surface area contributed by atoms with Crippen LogP contribution in [0.2, 0.25) is 0 Å². The Balaban J connectivity index is 3.16. The second-order valence-electron chi connectivity index (χ2n) is 5.14. The van der Waals surface area contributed by atoms with Crippen molar-refractivity contribution in [3.8, 4) is 0 Å². The molecular weight excluding hydrogens is 244 g/mol. The number of esters is 2. The molecule has 1 fully saturated rings. The van der Waals surface area contributed by atoms with Crippen LogP contribution in [0.5, 0.6) is 0 Å². The summed E-state index contributed by atoms with van der Waals surface area (Å²) in [5.41, 5.74) is 1.12. The SMILES string of the molecule is C=CC1CC(C=C(C)C)C(C(=O)OC)C1C(=O)OC. The molecule has 0 saturated heterocycles. The number of rotatable bonds is 4. The van der Waals surface area contributed by atoms with E-state index in [9.17, 15) is 9.59 Å². The van der Waals surface area contributed by atoms with Crippen molar-refractivity contribution >= 4 is 11.9 Å². The van der Waals surface area contributed by atoms with Crippen molar-refractivity contribution in [1.82, 2.24) is 0 Å². The van der Waals surface area contributed by atoms with Gasteiger partial charge in [0.2, 0.25) is 0 Å². The molecule has 0 spiro atoms. The Morgan fingerprint density at radius 2 is 1.53 bits per heavy atom. The van der Waals surface area contributed by atoms with Gasteiger partial charge in [0.15, 0.2) is 0 Å². The van der Waals surface area contributed by atoms with Gasteiger partial charge in [-0.2, -0.15) is 0 Å². The number of methoxy groups -OCH3 is 2. The van der Waals surface area contributed by atoms with Crippen molar-refractivity contribution in [2.45, 2.75) is 20.3 Å². The van der Waals surface area contributed by atoms with E-state index in [0.717, 1.165) is 5.57 Å². The Hall–Kier alpha value is -1.58. The molecule has 4 atom stereocenters. The minimum atomic E-state index is -0.504. The van der Waals surface area contributed by atoms with Crippen LogP contribution in [0, 0.1) is 23.7 Å². The maximum absolute atomic E-state index is 12.0. The van der Waals surface area contributed by atoms with E-state index < -0.39 is 11.8 Å². The van der Waals surface area contributed by atoms with E-state index in [1.54, 1.807) is 6.08 Å². The molecule has 19 heavy (non-hydrogen) atoms. The zero-order chi connectivity index (χ0) is 14.6. The van der Waals surface area contributed by atoms with Crippen molar-refractivity contribution in [2.24, 2.45) is 23.7 Å². The third-order valence-electron chi connectivity index (χ3n) is 3.65. The smallest absolute Gasteiger partial charge is 0.310 e. The number of ether oxygens (including phenoxy) is 2. The summed E-state index contributed by atoms with van der Waals surface area (Å²) in [4.78, 5) is 24.0. The summed E-state index contributed by atoms with van der Waals surface area (Å²) in [5, 5.41) is 0. The average Bonchev–Trinajstić information content (AvgIpc) is 2.74. The minimum absolute atomic E-state index is 0.00968. The molecule has 1 rings (SSSR count). The van der Waals surface area contributed by atoms with Crippen LogP contribution in [0.25, 0.3) is 0 Å². The summed E-state index contributed by atoms with van der Waals surface area (Å²) in [5.74, 6) is -1.79.